The van der Waals surface area contributed by atoms with Crippen molar-refractivity contribution in [1.82, 2.24) is 5.32 Å². The Morgan fingerprint density at radius 3 is 2.09 bits per heavy atom. The van der Waals surface area contributed by atoms with E-state index in [2.05, 4.69) is 108 Å². The van der Waals surface area contributed by atoms with Gasteiger partial charge in [-0.15, -0.1) is 0 Å². The minimum absolute atomic E-state index is 0.202. The van der Waals surface area contributed by atoms with E-state index in [4.69, 9.17) is 18.0 Å². The zero-order valence-electron chi connectivity index (χ0n) is 22.4. The molecule has 0 heterocycles. The fourth-order valence-corrected chi connectivity index (χ4v) is 5.20. The van der Waals surface area contributed by atoms with Gasteiger partial charge in [0.05, 0.1) is 0 Å². The number of nitrogens with one attached hydrogen (secondary N) is 2. The first-order valence-electron chi connectivity index (χ1n) is 12.6. The van der Waals surface area contributed by atoms with Gasteiger partial charge in [-0.3, -0.25) is 0 Å². The summed E-state index contributed by atoms with van der Waals surface area (Å²) in [6.45, 7) is 16.1. The summed E-state index contributed by atoms with van der Waals surface area (Å²) < 4.78 is 0. The number of thiocarbonyl (C=S) groups is 1. The number of anilines is 1. The van der Waals surface area contributed by atoms with Crippen molar-refractivity contribution in [3.05, 3.63) is 87.5 Å². The predicted molar refractivity (Wildman–Crippen MR) is 156 cm³/mol. The maximum atomic E-state index is 6.26. The van der Waals surface area contributed by atoms with Gasteiger partial charge in [-0.1, -0.05) is 55.8 Å². The Balaban J connectivity index is 1.62. The molecular weight excluding hydrogens is 446 g/mol. The van der Waals surface area contributed by atoms with Crippen molar-refractivity contribution in [3.8, 4) is 11.1 Å². The fourth-order valence-electron chi connectivity index (χ4n) is 5.01. The van der Waals surface area contributed by atoms with Crippen molar-refractivity contribution in [2.24, 2.45) is 11.7 Å². The smallest absolute Gasteiger partial charge is 0.171 e. The minimum Gasteiger partial charge on any atom is -0.358 e. The lowest BCUT2D eigenvalue weighted by Gasteiger charge is -2.18. The number of nitrogens with two attached hydrogens (primary N) is 1. The highest BCUT2D eigenvalue weighted by Gasteiger charge is 2.12. The Labute approximate surface area is 217 Å². The molecule has 4 heteroatoms. The second-order valence-corrected chi connectivity index (χ2v) is 10.9. The molecule has 0 aliphatic heterocycles. The van der Waals surface area contributed by atoms with Gasteiger partial charge in [0.25, 0.3) is 0 Å². The van der Waals surface area contributed by atoms with Gasteiger partial charge in [0.15, 0.2) is 5.11 Å². The van der Waals surface area contributed by atoms with E-state index in [-0.39, 0.29) is 6.04 Å². The Morgan fingerprint density at radius 2 is 1.49 bits per heavy atom. The molecule has 1 unspecified atom stereocenters. The molecule has 1 atom stereocenters. The molecule has 0 saturated heterocycles. The van der Waals surface area contributed by atoms with Crippen LogP contribution in [0.2, 0.25) is 0 Å². The van der Waals surface area contributed by atoms with E-state index in [0.717, 1.165) is 18.5 Å². The van der Waals surface area contributed by atoms with Crippen molar-refractivity contribution in [3.63, 3.8) is 0 Å². The van der Waals surface area contributed by atoms with E-state index < -0.39 is 0 Å². The number of hydrogen-bond donors (Lipinski definition) is 3. The van der Waals surface area contributed by atoms with Crippen molar-refractivity contribution in [1.29, 1.82) is 0 Å². The third-order valence-electron chi connectivity index (χ3n) is 6.55. The van der Waals surface area contributed by atoms with E-state index in [1.165, 1.54) is 50.1 Å². The number of aryl methyl sites for hydroxylation is 5. The average molecular weight is 488 g/mol. The van der Waals surface area contributed by atoms with Gasteiger partial charge in [0, 0.05) is 18.3 Å². The summed E-state index contributed by atoms with van der Waals surface area (Å²) in [5.41, 5.74) is 18.9. The van der Waals surface area contributed by atoms with Gasteiger partial charge in [0.2, 0.25) is 0 Å². The number of benzene rings is 3. The summed E-state index contributed by atoms with van der Waals surface area (Å²) in [5.74, 6) is 0.619. The molecule has 4 N–H and O–H groups in total. The Hall–Kier alpha value is -2.69. The van der Waals surface area contributed by atoms with Crippen LogP contribution >= 0.6 is 12.2 Å². The van der Waals surface area contributed by atoms with Crippen LogP contribution in [0.15, 0.2) is 48.5 Å². The summed E-state index contributed by atoms with van der Waals surface area (Å²) >= 11 is 5.57. The second kappa shape index (κ2) is 11.8. The zero-order chi connectivity index (χ0) is 25.7. The molecule has 0 aliphatic rings. The van der Waals surface area contributed by atoms with E-state index >= 15 is 0 Å². The van der Waals surface area contributed by atoms with Gasteiger partial charge in [-0.2, -0.15) is 0 Å². The van der Waals surface area contributed by atoms with Crippen LogP contribution in [-0.2, 0) is 13.0 Å². The molecule has 0 amide bonds. The van der Waals surface area contributed by atoms with Crippen LogP contribution in [0.3, 0.4) is 0 Å². The molecule has 3 aromatic rings. The fraction of sp³-hybridized carbons (Fsp3) is 0.387. The van der Waals surface area contributed by atoms with Crippen LogP contribution in [0.1, 0.15) is 59.2 Å². The normalized spacial score (nSPS) is 12.0. The Kier molecular flexibility index (Phi) is 9.09. The lowest BCUT2D eigenvalue weighted by atomic mass is 9.89. The lowest BCUT2D eigenvalue weighted by molar-refractivity contribution is 0.493. The molecule has 0 saturated carbocycles. The lowest BCUT2D eigenvalue weighted by Crippen LogP contribution is -2.28. The largest absolute Gasteiger partial charge is 0.358 e. The molecule has 3 aromatic carbocycles. The van der Waals surface area contributed by atoms with Crippen LogP contribution in [0, 0.1) is 40.5 Å². The Bertz CT molecular complexity index is 1160. The molecule has 3 nitrogen and oxygen atoms in total. The Morgan fingerprint density at radius 1 is 0.857 bits per heavy atom. The summed E-state index contributed by atoms with van der Waals surface area (Å²) in [5, 5.41) is 7.30. The SMILES string of the molecule is Cc1cc(C)c(-c2cc(C)c(CNC(=S)Nc3ccc(CC(N)CC(C)C)cc3)cc2C)c(C)c1. The minimum atomic E-state index is 0.202. The van der Waals surface area contributed by atoms with Crippen molar-refractivity contribution < 1.29 is 0 Å². The van der Waals surface area contributed by atoms with E-state index in [1.54, 1.807) is 0 Å². The molecule has 0 fully saturated rings. The summed E-state index contributed by atoms with van der Waals surface area (Å²) in [7, 11) is 0. The maximum Gasteiger partial charge on any atom is 0.171 e. The first-order chi connectivity index (χ1) is 16.5. The van der Waals surface area contributed by atoms with Crippen LogP contribution in [-0.4, -0.2) is 11.2 Å². The van der Waals surface area contributed by atoms with Crippen molar-refractivity contribution in [2.45, 2.75) is 73.9 Å². The van der Waals surface area contributed by atoms with E-state index in [9.17, 15) is 0 Å². The topological polar surface area (TPSA) is 50.1 Å². The van der Waals surface area contributed by atoms with E-state index in [0.29, 0.717) is 17.6 Å². The van der Waals surface area contributed by atoms with Crippen LogP contribution in [0.5, 0.6) is 0 Å². The predicted octanol–water partition coefficient (Wildman–Crippen LogP) is 7.30. The summed E-state index contributed by atoms with van der Waals surface area (Å²) in [4.78, 5) is 0. The third kappa shape index (κ3) is 7.39. The van der Waals surface area contributed by atoms with Crippen molar-refractivity contribution >= 4 is 23.0 Å². The van der Waals surface area contributed by atoms with Gasteiger partial charge in [-0.05, 0) is 122 Å². The van der Waals surface area contributed by atoms with Gasteiger partial charge in [0.1, 0.15) is 0 Å². The third-order valence-corrected chi connectivity index (χ3v) is 6.80. The van der Waals surface area contributed by atoms with Crippen LogP contribution in [0.25, 0.3) is 11.1 Å². The first kappa shape index (κ1) is 26.9. The molecule has 0 aliphatic carbocycles. The highest BCUT2D eigenvalue weighted by molar-refractivity contribution is 7.80. The standard InChI is InChI=1S/C31H41N3S/c1-19(2)12-27(32)17-25-8-10-28(11-9-25)34-31(35)33-18-26-15-22(5)29(16-21(26)4)30-23(6)13-20(3)14-24(30)7/h8-11,13-16,19,27H,12,17-18,32H2,1-7H3,(H2,33,34,35). The quantitative estimate of drug-likeness (QED) is 0.292. The van der Waals surface area contributed by atoms with Crippen LogP contribution < -0.4 is 16.4 Å². The monoisotopic (exact) mass is 487 g/mol. The van der Waals surface area contributed by atoms with Crippen molar-refractivity contribution in [2.75, 3.05) is 5.32 Å². The van der Waals surface area contributed by atoms with Gasteiger partial charge >= 0.3 is 0 Å². The molecule has 0 aromatic heterocycles. The second-order valence-electron chi connectivity index (χ2n) is 10.5. The van der Waals surface area contributed by atoms with Gasteiger partial charge in [-0.25, -0.2) is 0 Å². The first-order valence-corrected chi connectivity index (χ1v) is 13.0. The molecule has 0 bridgehead atoms. The zero-order valence-corrected chi connectivity index (χ0v) is 23.2. The molecule has 186 valence electrons. The summed E-state index contributed by atoms with van der Waals surface area (Å²) in [6.07, 6.45) is 1.94. The maximum absolute atomic E-state index is 6.26. The number of hydrogen-bond acceptors (Lipinski definition) is 2. The molecular formula is C31H41N3S. The van der Waals surface area contributed by atoms with E-state index in [1.807, 2.05) is 0 Å². The van der Waals surface area contributed by atoms with Gasteiger partial charge < -0.3 is 16.4 Å². The average Bonchev–Trinajstić information content (AvgIpc) is 2.75. The molecule has 0 radical (unpaired) electrons. The molecule has 35 heavy (non-hydrogen) atoms. The van der Waals surface area contributed by atoms with Crippen LogP contribution in [0.4, 0.5) is 5.69 Å². The highest BCUT2D eigenvalue weighted by atomic mass is 32.1. The highest BCUT2D eigenvalue weighted by Crippen LogP contribution is 2.32. The number of rotatable bonds is 8. The summed E-state index contributed by atoms with van der Waals surface area (Å²) in [6, 6.07) is 17.7. The molecule has 3 rings (SSSR count). The molecule has 0 spiro atoms.